The molecule has 6 heteroatoms. The number of hydrogen-bond donors (Lipinski definition) is 1. The second-order valence-corrected chi connectivity index (χ2v) is 8.73. The lowest BCUT2D eigenvalue weighted by Crippen LogP contribution is -2.29. The van der Waals surface area contributed by atoms with E-state index in [0.717, 1.165) is 54.5 Å². The van der Waals surface area contributed by atoms with Crippen molar-refractivity contribution in [1.29, 1.82) is 0 Å². The maximum Gasteiger partial charge on any atom is 0.327 e. The standard InChI is InChI=1S/C24H29N5O/c1-27-13-19-15-28(16-20(19)14-27)21-10-5-11-22-23(21)26-17-29(22)24(30)25-12-6-9-18-7-3-2-4-8-18/h2-5,7-8,10-11,17,19-20H,6,9,12-16H2,1H3,(H,25,30). The van der Waals surface area contributed by atoms with Crippen LogP contribution in [0.15, 0.2) is 54.9 Å². The van der Waals surface area contributed by atoms with Crippen LogP contribution in [0, 0.1) is 11.8 Å². The Bertz CT molecular complexity index is 1020. The molecule has 1 aromatic heterocycles. The van der Waals surface area contributed by atoms with Gasteiger partial charge < -0.3 is 15.1 Å². The predicted molar refractivity (Wildman–Crippen MR) is 120 cm³/mol. The molecule has 2 unspecified atom stereocenters. The Labute approximate surface area is 177 Å². The molecule has 0 bridgehead atoms. The Balaban J connectivity index is 1.25. The van der Waals surface area contributed by atoms with Gasteiger partial charge in [0.05, 0.1) is 11.2 Å². The van der Waals surface area contributed by atoms with Gasteiger partial charge >= 0.3 is 6.03 Å². The van der Waals surface area contributed by atoms with Crippen LogP contribution in [0.2, 0.25) is 0 Å². The first-order valence-electron chi connectivity index (χ1n) is 10.9. The first-order chi connectivity index (χ1) is 14.7. The van der Waals surface area contributed by atoms with E-state index in [2.05, 4.69) is 57.5 Å². The number of aryl methyl sites for hydroxylation is 1. The van der Waals surface area contributed by atoms with E-state index in [1.807, 2.05) is 18.2 Å². The van der Waals surface area contributed by atoms with Gasteiger partial charge in [-0.05, 0) is 49.4 Å². The highest BCUT2D eigenvalue weighted by Gasteiger charge is 2.39. The smallest absolute Gasteiger partial charge is 0.327 e. The predicted octanol–water partition coefficient (Wildman–Crippen LogP) is 3.22. The quantitative estimate of drug-likeness (QED) is 0.665. The topological polar surface area (TPSA) is 53.4 Å². The minimum atomic E-state index is -0.109. The van der Waals surface area contributed by atoms with E-state index < -0.39 is 0 Å². The molecule has 1 N–H and O–H groups in total. The normalized spacial score (nSPS) is 21.3. The van der Waals surface area contributed by atoms with E-state index in [1.165, 1.54) is 18.7 Å². The van der Waals surface area contributed by atoms with Crippen molar-refractivity contribution < 1.29 is 4.79 Å². The molecule has 0 saturated carbocycles. The van der Waals surface area contributed by atoms with Gasteiger partial charge in [-0.25, -0.2) is 9.78 Å². The molecule has 0 aliphatic carbocycles. The Hall–Kier alpha value is -2.86. The van der Waals surface area contributed by atoms with Crippen LogP contribution in [0.3, 0.4) is 0 Å². The summed E-state index contributed by atoms with van der Waals surface area (Å²) in [6.45, 7) is 5.16. The van der Waals surface area contributed by atoms with Gasteiger partial charge in [0.15, 0.2) is 0 Å². The van der Waals surface area contributed by atoms with Gasteiger partial charge in [0.25, 0.3) is 0 Å². The van der Waals surface area contributed by atoms with E-state index in [0.29, 0.717) is 6.54 Å². The number of likely N-dealkylation sites (tertiary alicyclic amines) is 1. The van der Waals surface area contributed by atoms with Gasteiger partial charge in [-0.1, -0.05) is 36.4 Å². The van der Waals surface area contributed by atoms with Gasteiger partial charge in [0.2, 0.25) is 0 Å². The summed E-state index contributed by atoms with van der Waals surface area (Å²) in [6, 6.07) is 16.4. The van der Waals surface area contributed by atoms with Crippen molar-refractivity contribution in [2.24, 2.45) is 11.8 Å². The number of fused-ring (bicyclic) bond motifs is 2. The zero-order valence-corrected chi connectivity index (χ0v) is 17.5. The third kappa shape index (κ3) is 3.67. The maximum atomic E-state index is 12.8. The van der Waals surface area contributed by atoms with Crippen molar-refractivity contribution in [2.75, 3.05) is 44.7 Å². The number of benzene rings is 2. The molecule has 30 heavy (non-hydrogen) atoms. The highest BCUT2D eigenvalue weighted by Crippen LogP contribution is 2.35. The van der Waals surface area contributed by atoms with Crippen molar-refractivity contribution >= 4 is 22.8 Å². The van der Waals surface area contributed by atoms with Crippen LogP contribution >= 0.6 is 0 Å². The number of nitrogens with zero attached hydrogens (tertiary/aromatic N) is 4. The number of carbonyl (C=O) groups is 1. The summed E-state index contributed by atoms with van der Waals surface area (Å²) in [4.78, 5) is 22.3. The number of imidazole rings is 1. The molecule has 0 radical (unpaired) electrons. The van der Waals surface area contributed by atoms with Crippen LogP contribution in [0.5, 0.6) is 0 Å². The monoisotopic (exact) mass is 403 g/mol. The van der Waals surface area contributed by atoms with E-state index in [1.54, 1.807) is 10.9 Å². The Kier molecular flexibility index (Phi) is 5.17. The Morgan fingerprint density at radius 2 is 1.80 bits per heavy atom. The molecule has 3 heterocycles. The molecule has 6 nitrogen and oxygen atoms in total. The van der Waals surface area contributed by atoms with E-state index in [-0.39, 0.29) is 6.03 Å². The van der Waals surface area contributed by atoms with Crippen molar-refractivity contribution in [2.45, 2.75) is 12.8 Å². The lowest BCUT2D eigenvalue weighted by molar-refractivity contribution is 0.243. The number of aromatic nitrogens is 2. The number of para-hydroxylation sites is 1. The molecule has 5 rings (SSSR count). The summed E-state index contributed by atoms with van der Waals surface area (Å²) in [7, 11) is 2.21. The molecule has 2 saturated heterocycles. The zero-order chi connectivity index (χ0) is 20.5. The highest BCUT2D eigenvalue weighted by molar-refractivity contribution is 5.95. The first kappa shape index (κ1) is 19.1. The Morgan fingerprint density at radius 3 is 2.57 bits per heavy atom. The molecule has 2 aromatic carbocycles. The van der Waals surface area contributed by atoms with Crippen LogP contribution in [0.1, 0.15) is 12.0 Å². The molecule has 2 aliphatic rings. The second-order valence-electron chi connectivity index (χ2n) is 8.73. The van der Waals surface area contributed by atoms with Crippen molar-refractivity contribution in [3.05, 3.63) is 60.4 Å². The molecular weight excluding hydrogens is 374 g/mol. The van der Waals surface area contributed by atoms with E-state index in [9.17, 15) is 4.79 Å². The number of amides is 1. The first-order valence-corrected chi connectivity index (χ1v) is 10.9. The van der Waals surface area contributed by atoms with Crippen molar-refractivity contribution in [1.82, 2.24) is 19.8 Å². The lowest BCUT2D eigenvalue weighted by atomic mass is 10.0. The molecule has 156 valence electrons. The van der Waals surface area contributed by atoms with Gasteiger partial charge in [0, 0.05) is 32.7 Å². The van der Waals surface area contributed by atoms with Crippen LogP contribution in [-0.4, -0.2) is 60.3 Å². The number of carbonyl (C=O) groups excluding carboxylic acids is 1. The average Bonchev–Trinajstić information content (AvgIpc) is 3.44. The molecule has 3 aromatic rings. The molecule has 0 spiro atoms. The van der Waals surface area contributed by atoms with E-state index in [4.69, 9.17) is 0 Å². The Morgan fingerprint density at radius 1 is 1.03 bits per heavy atom. The van der Waals surface area contributed by atoms with Gasteiger partial charge in [-0.15, -0.1) is 0 Å². The molecule has 1 amide bonds. The van der Waals surface area contributed by atoms with Crippen LogP contribution < -0.4 is 10.2 Å². The van der Waals surface area contributed by atoms with Crippen LogP contribution in [-0.2, 0) is 6.42 Å². The molecule has 2 fully saturated rings. The number of hydrogen-bond acceptors (Lipinski definition) is 4. The molecule has 2 atom stereocenters. The second kappa shape index (κ2) is 8.11. The lowest BCUT2D eigenvalue weighted by Gasteiger charge is -2.21. The summed E-state index contributed by atoms with van der Waals surface area (Å²) in [5.41, 5.74) is 4.25. The summed E-state index contributed by atoms with van der Waals surface area (Å²) in [5.74, 6) is 1.47. The van der Waals surface area contributed by atoms with Gasteiger partial charge in [0.1, 0.15) is 11.8 Å². The van der Waals surface area contributed by atoms with Gasteiger partial charge in [-0.3, -0.25) is 4.57 Å². The minimum absolute atomic E-state index is 0.109. The third-order valence-electron chi connectivity index (χ3n) is 6.54. The van der Waals surface area contributed by atoms with E-state index >= 15 is 0 Å². The highest BCUT2D eigenvalue weighted by atomic mass is 16.2. The summed E-state index contributed by atoms with van der Waals surface area (Å²) in [5, 5.41) is 3.04. The van der Waals surface area contributed by atoms with Gasteiger partial charge in [-0.2, -0.15) is 0 Å². The fourth-order valence-corrected chi connectivity index (χ4v) is 5.08. The average molecular weight is 404 g/mol. The van der Waals surface area contributed by atoms with Crippen LogP contribution in [0.4, 0.5) is 10.5 Å². The SMILES string of the molecule is CN1CC2CN(c3cccc4c3ncn4C(=O)NCCCc3ccccc3)CC2C1. The minimum Gasteiger partial charge on any atom is -0.369 e. The van der Waals surface area contributed by atoms with Crippen molar-refractivity contribution in [3.8, 4) is 0 Å². The zero-order valence-electron chi connectivity index (χ0n) is 17.5. The fraction of sp³-hybridized carbons (Fsp3) is 0.417. The number of anilines is 1. The maximum absolute atomic E-state index is 12.8. The fourth-order valence-electron chi connectivity index (χ4n) is 5.08. The molecule has 2 aliphatic heterocycles. The summed E-state index contributed by atoms with van der Waals surface area (Å²) >= 11 is 0. The number of nitrogens with one attached hydrogen (secondary N) is 1. The number of rotatable bonds is 5. The van der Waals surface area contributed by atoms with Crippen LogP contribution in [0.25, 0.3) is 11.0 Å². The summed E-state index contributed by atoms with van der Waals surface area (Å²) < 4.78 is 1.64. The summed E-state index contributed by atoms with van der Waals surface area (Å²) in [6.07, 6.45) is 3.53. The van der Waals surface area contributed by atoms with Crippen molar-refractivity contribution in [3.63, 3.8) is 0 Å². The largest absolute Gasteiger partial charge is 0.369 e. The molecular formula is C24H29N5O. The third-order valence-corrected chi connectivity index (χ3v) is 6.54.